The van der Waals surface area contributed by atoms with Gasteiger partial charge < -0.3 is 4.90 Å². The Hall–Kier alpha value is -7.24. The second-order valence-electron chi connectivity index (χ2n) is 14.2. The monoisotopic (exact) mass is 673 g/mol. The first-order valence-electron chi connectivity index (χ1n) is 18.1. The van der Waals surface area contributed by atoms with Gasteiger partial charge in [-0.25, -0.2) is 9.97 Å². The van der Waals surface area contributed by atoms with Crippen LogP contribution in [0.4, 0.5) is 17.1 Å². The van der Waals surface area contributed by atoms with E-state index in [0.29, 0.717) is 0 Å². The fourth-order valence-electron chi connectivity index (χ4n) is 9.38. The molecule has 5 heteroatoms. The summed E-state index contributed by atoms with van der Waals surface area (Å²) in [5, 5.41) is 11.9. The minimum absolute atomic E-state index is 0.875. The minimum Gasteiger partial charge on any atom is -0.308 e. The summed E-state index contributed by atoms with van der Waals surface area (Å²) in [7, 11) is 0. The molecule has 244 valence electrons. The van der Waals surface area contributed by atoms with Crippen LogP contribution in [0.3, 0.4) is 0 Å². The van der Waals surface area contributed by atoms with Crippen LogP contribution in [0.1, 0.15) is 0 Å². The van der Waals surface area contributed by atoms with E-state index < -0.39 is 0 Å². The molecule has 8 aromatic carbocycles. The van der Waals surface area contributed by atoms with Crippen LogP contribution >= 0.6 is 0 Å². The summed E-state index contributed by atoms with van der Waals surface area (Å²) < 4.78 is 4.77. The van der Waals surface area contributed by atoms with Crippen molar-refractivity contribution in [1.29, 1.82) is 0 Å². The lowest BCUT2D eigenvalue weighted by Gasteiger charge is -2.28. The fraction of sp³-hybridized carbons (Fsp3) is 0. The SMILES string of the molecule is c1ccc(N(c2ccccc2)c2c3ccccc3cc3c4cc5ccccc5c5c6nc7c(nc6n(c23)c45)c2cccc3c4ccccc4n7c32)cc1. The van der Waals surface area contributed by atoms with Gasteiger partial charge in [-0.05, 0) is 58.6 Å². The van der Waals surface area contributed by atoms with E-state index in [1.54, 1.807) is 0 Å². The van der Waals surface area contributed by atoms with Crippen LogP contribution in [0.5, 0.6) is 0 Å². The largest absolute Gasteiger partial charge is 0.308 e. The zero-order valence-corrected chi connectivity index (χ0v) is 28.3. The highest BCUT2D eigenvalue weighted by Crippen LogP contribution is 2.50. The van der Waals surface area contributed by atoms with E-state index in [1.807, 2.05) is 0 Å². The molecule has 0 aliphatic heterocycles. The molecule has 0 atom stereocenters. The van der Waals surface area contributed by atoms with Gasteiger partial charge in [-0.1, -0.05) is 121 Å². The highest BCUT2D eigenvalue weighted by Gasteiger charge is 2.29. The lowest BCUT2D eigenvalue weighted by atomic mass is 9.99. The summed E-state index contributed by atoms with van der Waals surface area (Å²) in [4.78, 5) is 13.8. The summed E-state index contributed by atoms with van der Waals surface area (Å²) in [6.45, 7) is 0. The van der Waals surface area contributed by atoms with E-state index in [9.17, 15) is 0 Å². The summed E-state index contributed by atoms with van der Waals surface area (Å²) in [6.07, 6.45) is 0. The van der Waals surface area contributed by atoms with Gasteiger partial charge in [0, 0.05) is 49.1 Å². The first kappa shape index (κ1) is 27.5. The Morgan fingerprint density at radius 3 is 1.68 bits per heavy atom. The Kier molecular flexibility index (Phi) is 5.06. The Bertz CT molecular complexity index is 3580. The molecule has 0 fully saturated rings. The summed E-state index contributed by atoms with van der Waals surface area (Å²) in [6, 6.07) is 59.0. The molecule has 0 spiro atoms. The summed E-state index contributed by atoms with van der Waals surface area (Å²) in [5.74, 6) is 0. The quantitative estimate of drug-likeness (QED) is 0.187. The zero-order chi connectivity index (χ0) is 34.4. The zero-order valence-electron chi connectivity index (χ0n) is 28.3. The molecule has 53 heavy (non-hydrogen) atoms. The molecule has 0 saturated heterocycles. The molecule has 0 bridgehead atoms. The fourth-order valence-corrected chi connectivity index (χ4v) is 9.38. The number of anilines is 3. The lowest BCUT2D eigenvalue weighted by Crippen LogP contribution is -2.11. The van der Waals surface area contributed by atoms with Crippen LogP contribution in [0.2, 0.25) is 0 Å². The van der Waals surface area contributed by atoms with Crippen molar-refractivity contribution < 1.29 is 0 Å². The molecule has 5 heterocycles. The number of hydrogen-bond acceptors (Lipinski definition) is 3. The average molecular weight is 674 g/mol. The number of fused-ring (bicyclic) bond motifs is 15. The number of hydrogen-bond donors (Lipinski definition) is 0. The summed E-state index contributed by atoms with van der Waals surface area (Å²) in [5.41, 5.74) is 11.5. The third kappa shape index (κ3) is 3.37. The molecule has 13 aromatic rings. The number of aromatic nitrogens is 4. The van der Waals surface area contributed by atoms with Crippen LogP contribution in [-0.4, -0.2) is 18.8 Å². The van der Waals surface area contributed by atoms with Gasteiger partial charge in [0.15, 0.2) is 11.3 Å². The maximum absolute atomic E-state index is 5.71. The van der Waals surface area contributed by atoms with Crippen LogP contribution in [0, 0.1) is 0 Å². The standard InChI is InChI=1S/C48H27N5/c1-3-16-30(17-4-1)51(31-18-5-2-6-19-31)45-33-21-10-8-15-29(33)27-38-37-26-28-14-7-9-20-32(28)40-42-48(53(44(37)40)46(38)45)49-41-36-24-13-23-35-34-22-11-12-25-39(34)52(43(35)36)47(41)50-42/h1-27H. The van der Waals surface area contributed by atoms with Gasteiger partial charge in [0.2, 0.25) is 0 Å². The predicted molar refractivity (Wildman–Crippen MR) is 221 cm³/mol. The predicted octanol–water partition coefficient (Wildman–Crippen LogP) is 12.6. The normalized spacial score (nSPS) is 12.5. The molecule has 0 unspecified atom stereocenters. The molecule has 0 aliphatic rings. The molecule has 0 radical (unpaired) electrons. The first-order valence-corrected chi connectivity index (χ1v) is 18.1. The Morgan fingerprint density at radius 1 is 0.377 bits per heavy atom. The smallest absolute Gasteiger partial charge is 0.165 e. The van der Waals surface area contributed by atoms with Gasteiger partial charge in [0.1, 0.15) is 11.0 Å². The van der Waals surface area contributed by atoms with Gasteiger partial charge in [-0.2, -0.15) is 0 Å². The van der Waals surface area contributed by atoms with Crippen LogP contribution in [-0.2, 0) is 0 Å². The first-order chi connectivity index (χ1) is 26.3. The topological polar surface area (TPSA) is 37.8 Å². The highest BCUT2D eigenvalue weighted by atomic mass is 15.2. The Balaban J connectivity index is 1.32. The third-order valence-electron chi connectivity index (χ3n) is 11.5. The third-order valence-corrected chi connectivity index (χ3v) is 11.5. The summed E-state index contributed by atoms with van der Waals surface area (Å²) >= 11 is 0. The van der Waals surface area contributed by atoms with E-state index in [1.165, 1.54) is 48.6 Å². The van der Waals surface area contributed by atoms with E-state index >= 15 is 0 Å². The van der Waals surface area contributed by atoms with Crippen molar-refractivity contribution in [2.24, 2.45) is 0 Å². The molecule has 0 aliphatic carbocycles. The molecule has 13 rings (SSSR count). The van der Waals surface area contributed by atoms with Crippen molar-refractivity contribution in [3.05, 3.63) is 164 Å². The van der Waals surface area contributed by atoms with E-state index in [0.717, 1.165) is 66.7 Å². The van der Waals surface area contributed by atoms with Gasteiger partial charge in [-0.3, -0.25) is 8.80 Å². The van der Waals surface area contributed by atoms with Crippen molar-refractivity contribution in [3.8, 4) is 0 Å². The van der Waals surface area contributed by atoms with Crippen molar-refractivity contribution in [3.63, 3.8) is 0 Å². The highest BCUT2D eigenvalue weighted by molar-refractivity contribution is 6.34. The van der Waals surface area contributed by atoms with Gasteiger partial charge in [0.25, 0.3) is 0 Å². The van der Waals surface area contributed by atoms with Crippen molar-refractivity contribution in [2.45, 2.75) is 0 Å². The molecule has 0 saturated carbocycles. The molecule has 5 aromatic heterocycles. The van der Waals surface area contributed by atoms with Crippen LogP contribution in [0.15, 0.2) is 164 Å². The number of para-hydroxylation sites is 4. The second kappa shape index (κ2) is 9.75. The maximum atomic E-state index is 5.71. The average Bonchev–Trinajstić information content (AvgIpc) is 3.94. The van der Waals surface area contributed by atoms with Crippen molar-refractivity contribution in [2.75, 3.05) is 4.90 Å². The van der Waals surface area contributed by atoms with Crippen LogP contribution < -0.4 is 4.90 Å². The van der Waals surface area contributed by atoms with Gasteiger partial charge in [0.05, 0.1) is 27.8 Å². The minimum atomic E-state index is 0.875. The van der Waals surface area contributed by atoms with E-state index in [4.69, 9.17) is 9.97 Å². The number of rotatable bonds is 3. The van der Waals surface area contributed by atoms with E-state index in [-0.39, 0.29) is 0 Å². The van der Waals surface area contributed by atoms with E-state index in [2.05, 4.69) is 177 Å². The molecule has 0 amide bonds. The molecular formula is C48H27N5. The Labute approximate surface area is 301 Å². The van der Waals surface area contributed by atoms with Crippen molar-refractivity contribution in [1.82, 2.24) is 18.8 Å². The van der Waals surface area contributed by atoms with Crippen molar-refractivity contribution >= 4 is 115 Å². The Morgan fingerprint density at radius 2 is 0.925 bits per heavy atom. The number of benzene rings is 8. The lowest BCUT2D eigenvalue weighted by molar-refractivity contribution is 1.24. The van der Waals surface area contributed by atoms with Crippen LogP contribution in [0.25, 0.3) is 98.3 Å². The molecule has 0 N–H and O–H groups in total. The van der Waals surface area contributed by atoms with Gasteiger partial charge in [-0.15, -0.1) is 0 Å². The second-order valence-corrected chi connectivity index (χ2v) is 14.2. The van der Waals surface area contributed by atoms with Gasteiger partial charge >= 0.3 is 0 Å². The maximum Gasteiger partial charge on any atom is 0.165 e. The molecule has 5 nitrogen and oxygen atoms in total. The molecular weight excluding hydrogens is 647 g/mol. The number of nitrogens with zero attached hydrogens (tertiary/aromatic N) is 5.